The summed E-state index contributed by atoms with van der Waals surface area (Å²) in [7, 11) is 5.90. The molecule has 4 nitrogen and oxygen atoms in total. The Hall–Kier alpha value is -1.55. The molecule has 176 valence electrons. The summed E-state index contributed by atoms with van der Waals surface area (Å²) >= 11 is 0. The standard InChI is InChI=1S/C27H45NO3/c1-5-6-7-8-9-10-12-15-26(29)31-27(20-13-11-14-21-27)25(22-28(2)3)23-16-18-24(30-4)19-17-23/h16-19,25H,5-15,20-22H2,1-4H3. The van der Waals surface area contributed by atoms with Crippen LogP contribution in [0.15, 0.2) is 24.3 Å². The third-order valence-corrected chi connectivity index (χ3v) is 6.70. The van der Waals surface area contributed by atoms with E-state index >= 15 is 0 Å². The Morgan fingerprint density at radius 3 is 2.16 bits per heavy atom. The van der Waals surface area contributed by atoms with Gasteiger partial charge in [-0.3, -0.25) is 4.79 Å². The molecule has 0 aliphatic heterocycles. The summed E-state index contributed by atoms with van der Waals surface area (Å²) in [6.45, 7) is 3.11. The van der Waals surface area contributed by atoms with Crippen molar-refractivity contribution < 1.29 is 14.3 Å². The first-order valence-electron chi connectivity index (χ1n) is 12.5. The summed E-state index contributed by atoms with van der Waals surface area (Å²) in [6.07, 6.45) is 14.5. The van der Waals surface area contributed by atoms with Crippen LogP contribution in [0.5, 0.6) is 5.75 Å². The molecule has 1 atom stereocenters. The predicted octanol–water partition coefficient (Wildman–Crippen LogP) is 6.73. The number of ether oxygens (including phenoxy) is 2. The Balaban J connectivity index is 2.05. The molecule has 1 aliphatic rings. The quantitative estimate of drug-likeness (QED) is 0.242. The number of hydrogen-bond acceptors (Lipinski definition) is 4. The van der Waals surface area contributed by atoms with E-state index < -0.39 is 5.60 Å². The number of likely N-dealkylation sites (N-methyl/N-ethyl adjacent to an activating group) is 1. The minimum absolute atomic E-state index is 0.00674. The third kappa shape index (κ3) is 8.48. The van der Waals surface area contributed by atoms with E-state index in [2.05, 4.69) is 38.1 Å². The Morgan fingerprint density at radius 1 is 0.968 bits per heavy atom. The summed E-state index contributed by atoms with van der Waals surface area (Å²) < 4.78 is 11.8. The van der Waals surface area contributed by atoms with Gasteiger partial charge >= 0.3 is 5.97 Å². The average Bonchev–Trinajstić information content (AvgIpc) is 2.77. The van der Waals surface area contributed by atoms with E-state index in [0.29, 0.717) is 6.42 Å². The Morgan fingerprint density at radius 2 is 1.58 bits per heavy atom. The van der Waals surface area contributed by atoms with Crippen molar-refractivity contribution in [1.82, 2.24) is 4.90 Å². The van der Waals surface area contributed by atoms with Crippen LogP contribution in [0.25, 0.3) is 0 Å². The van der Waals surface area contributed by atoms with E-state index in [-0.39, 0.29) is 11.9 Å². The second kappa shape index (κ2) is 13.8. The van der Waals surface area contributed by atoms with Gasteiger partial charge in [0, 0.05) is 18.9 Å². The first kappa shape index (κ1) is 25.7. The molecule has 0 saturated heterocycles. The molecule has 0 spiro atoms. The SMILES string of the molecule is CCCCCCCCCC(=O)OC1(C(CN(C)C)c2ccc(OC)cc2)CCCCC1. The van der Waals surface area contributed by atoms with Gasteiger partial charge < -0.3 is 14.4 Å². The van der Waals surface area contributed by atoms with Crippen LogP contribution in [0.4, 0.5) is 0 Å². The van der Waals surface area contributed by atoms with Crippen molar-refractivity contribution >= 4 is 5.97 Å². The van der Waals surface area contributed by atoms with E-state index in [4.69, 9.17) is 9.47 Å². The van der Waals surface area contributed by atoms with Crippen LogP contribution in [0.3, 0.4) is 0 Å². The summed E-state index contributed by atoms with van der Waals surface area (Å²) in [5.74, 6) is 1.03. The zero-order valence-electron chi connectivity index (χ0n) is 20.5. The maximum Gasteiger partial charge on any atom is 0.306 e. The molecule has 1 aliphatic carbocycles. The number of rotatable bonds is 14. The monoisotopic (exact) mass is 431 g/mol. The number of nitrogens with zero attached hydrogens (tertiary/aromatic N) is 1. The van der Waals surface area contributed by atoms with Crippen molar-refractivity contribution in [2.75, 3.05) is 27.7 Å². The third-order valence-electron chi connectivity index (χ3n) is 6.70. The molecule has 0 aromatic heterocycles. The number of carbonyl (C=O) groups excluding carboxylic acids is 1. The number of unbranched alkanes of at least 4 members (excludes halogenated alkanes) is 6. The van der Waals surface area contributed by atoms with Crippen molar-refractivity contribution in [1.29, 1.82) is 0 Å². The highest BCUT2D eigenvalue weighted by Crippen LogP contribution is 2.44. The fraction of sp³-hybridized carbons (Fsp3) is 0.741. The highest BCUT2D eigenvalue weighted by molar-refractivity contribution is 5.70. The van der Waals surface area contributed by atoms with Crippen molar-refractivity contribution in [3.63, 3.8) is 0 Å². The lowest BCUT2D eigenvalue weighted by molar-refractivity contribution is -0.167. The average molecular weight is 432 g/mol. The molecule has 0 radical (unpaired) electrons. The molecule has 1 fully saturated rings. The van der Waals surface area contributed by atoms with E-state index in [9.17, 15) is 4.79 Å². The molecule has 0 N–H and O–H groups in total. The number of carbonyl (C=O) groups is 1. The largest absolute Gasteiger partial charge is 0.497 e. The van der Waals surface area contributed by atoms with Crippen LogP contribution >= 0.6 is 0 Å². The molecular weight excluding hydrogens is 386 g/mol. The topological polar surface area (TPSA) is 38.8 Å². The molecule has 1 aromatic rings. The van der Waals surface area contributed by atoms with Gasteiger partial charge in [0.2, 0.25) is 0 Å². The molecule has 0 amide bonds. The summed E-state index contributed by atoms with van der Waals surface area (Å²) in [5.41, 5.74) is 0.843. The van der Waals surface area contributed by atoms with E-state index in [1.165, 1.54) is 44.1 Å². The predicted molar refractivity (Wildman–Crippen MR) is 129 cm³/mol. The van der Waals surface area contributed by atoms with Crippen LogP contribution < -0.4 is 4.74 Å². The van der Waals surface area contributed by atoms with Gasteiger partial charge in [0.15, 0.2) is 0 Å². The van der Waals surface area contributed by atoms with E-state index in [1.54, 1.807) is 7.11 Å². The lowest BCUT2D eigenvalue weighted by Crippen LogP contribution is -2.46. The van der Waals surface area contributed by atoms with Crippen molar-refractivity contribution in [2.24, 2.45) is 0 Å². The summed E-state index contributed by atoms with van der Waals surface area (Å²) in [6, 6.07) is 8.34. The highest BCUT2D eigenvalue weighted by atomic mass is 16.6. The van der Waals surface area contributed by atoms with Crippen LogP contribution in [0.2, 0.25) is 0 Å². The summed E-state index contributed by atoms with van der Waals surface area (Å²) in [5, 5.41) is 0. The van der Waals surface area contributed by atoms with Gasteiger partial charge in [-0.05, 0) is 63.9 Å². The fourth-order valence-corrected chi connectivity index (χ4v) is 4.95. The summed E-state index contributed by atoms with van der Waals surface area (Å²) in [4.78, 5) is 15.1. The van der Waals surface area contributed by atoms with Gasteiger partial charge in [0.1, 0.15) is 11.4 Å². The van der Waals surface area contributed by atoms with Gasteiger partial charge in [0.05, 0.1) is 7.11 Å². The van der Waals surface area contributed by atoms with Gasteiger partial charge in [-0.25, -0.2) is 0 Å². The first-order chi connectivity index (χ1) is 15.0. The molecule has 4 heteroatoms. The van der Waals surface area contributed by atoms with Crippen LogP contribution in [0.1, 0.15) is 102 Å². The molecule has 1 aromatic carbocycles. The lowest BCUT2D eigenvalue weighted by atomic mass is 9.72. The zero-order chi connectivity index (χ0) is 22.5. The Bertz CT molecular complexity index is 620. The minimum atomic E-state index is -0.394. The van der Waals surface area contributed by atoms with Crippen LogP contribution in [-0.4, -0.2) is 44.2 Å². The van der Waals surface area contributed by atoms with Crippen molar-refractivity contribution in [2.45, 2.75) is 102 Å². The van der Waals surface area contributed by atoms with Crippen LogP contribution in [0, 0.1) is 0 Å². The van der Waals surface area contributed by atoms with E-state index in [0.717, 1.165) is 50.8 Å². The Kier molecular flexibility index (Phi) is 11.4. The molecule has 31 heavy (non-hydrogen) atoms. The molecule has 1 saturated carbocycles. The first-order valence-corrected chi connectivity index (χ1v) is 12.5. The normalized spacial score (nSPS) is 16.8. The molecule has 2 rings (SSSR count). The van der Waals surface area contributed by atoms with Crippen molar-refractivity contribution in [3.05, 3.63) is 29.8 Å². The maximum atomic E-state index is 12.9. The maximum absolute atomic E-state index is 12.9. The smallest absolute Gasteiger partial charge is 0.306 e. The molecule has 0 heterocycles. The Labute approximate surface area is 190 Å². The second-order valence-electron chi connectivity index (χ2n) is 9.56. The molecule has 1 unspecified atom stereocenters. The number of esters is 1. The number of benzene rings is 1. The van der Waals surface area contributed by atoms with Gasteiger partial charge in [0.25, 0.3) is 0 Å². The molecule has 0 bridgehead atoms. The fourth-order valence-electron chi connectivity index (χ4n) is 4.95. The van der Waals surface area contributed by atoms with Gasteiger partial charge in [-0.15, -0.1) is 0 Å². The minimum Gasteiger partial charge on any atom is -0.497 e. The highest BCUT2D eigenvalue weighted by Gasteiger charge is 2.44. The lowest BCUT2D eigenvalue weighted by Gasteiger charge is -2.44. The van der Waals surface area contributed by atoms with Gasteiger partial charge in [-0.1, -0.05) is 64.0 Å². The molecular formula is C27H45NO3. The number of methoxy groups -OCH3 is 1. The van der Waals surface area contributed by atoms with E-state index in [1.807, 2.05) is 12.1 Å². The zero-order valence-corrected chi connectivity index (χ0v) is 20.5. The van der Waals surface area contributed by atoms with Crippen LogP contribution in [-0.2, 0) is 9.53 Å². The number of hydrogen-bond donors (Lipinski definition) is 0. The van der Waals surface area contributed by atoms with Crippen molar-refractivity contribution in [3.8, 4) is 5.75 Å². The van der Waals surface area contributed by atoms with Gasteiger partial charge in [-0.2, -0.15) is 0 Å². The second-order valence-corrected chi connectivity index (χ2v) is 9.56.